The largest absolute Gasteiger partial charge is 0.295 e. The lowest BCUT2D eigenvalue weighted by molar-refractivity contribution is -0.114. The Balaban J connectivity index is 2.15. The smallest absolute Gasteiger partial charge is 0.158 e. The van der Waals surface area contributed by atoms with Crippen molar-refractivity contribution < 1.29 is 4.79 Å². The predicted octanol–water partition coefficient (Wildman–Crippen LogP) is 2.49. The number of allylic oxidation sites excluding steroid dienone is 3. The lowest BCUT2D eigenvalue weighted by Gasteiger charge is -1.98. The van der Waals surface area contributed by atoms with Crippen LogP contribution in [0.4, 0.5) is 0 Å². The first kappa shape index (κ1) is 7.78. The molecular formula is C11H14O. The predicted molar refractivity (Wildman–Crippen MR) is 48.7 cm³/mol. The van der Waals surface area contributed by atoms with Gasteiger partial charge in [0.1, 0.15) is 0 Å². The average Bonchev–Trinajstić information content (AvgIpc) is 2.77. The minimum absolute atomic E-state index is 0.361. The molecule has 64 valence electrons. The van der Waals surface area contributed by atoms with Crippen LogP contribution in [0.25, 0.3) is 0 Å². The van der Waals surface area contributed by atoms with Crippen molar-refractivity contribution in [3.05, 3.63) is 23.8 Å². The molecule has 0 saturated heterocycles. The number of hydrogen-bond acceptors (Lipinski definition) is 1. The van der Waals surface area contributed by atoms with Crippen LogP contribution in [-0.4, -0.2) is 5.78 Å². The van der Waals surface area contributed by atoms with E-state index in [0.29, 0.717) is 17.6 Å². The molecule has 1 saturated carbocycles. The van der Waals surface area contributed by atoms with E-state index in [1.165, 1.54) is 12.0 Å². The van der Waals surface area contributed by atoms with E-state index < -0.39 is 0 Å². The highest BCUT2D eigenvalue weighted by molar-refractivity contribution is 5.98. The van der Waals surface area contributed by atoms with Gasteiger partial charge in [-0.25, -0.2) is 0 Å². The SMILES string of the molecule is C=C[C@@H]1C[C@@H]1C1=C(C)C(=O)CC1. The third kappa shape index (κ3) is 1.04. The van der Waals surface area contributed by atoms with Crippen molar-refractivity contribution >= 4 is 5.78 Å². The van der Waals surface area contributed by atoms with Crippen LogP contribution in [0, 0.1) is 11.8 Å². The highest BCUT2D eigenvalue weighted by atomic mass is 16.1. The van der Waals surface area contributed by atoms with Crippen molar-refractivity contribution in [1.29, 1.82) is 0 Å². The van der Waals surface area contributed by atoms with Crippen LogP contribution in [0.2, 0.25) is 0 Å². The van der Waals surface area contributed by atoms with Gasteiger partial charge in [-0.1, -0.05) is 11.6 Å². The van der Waals surface area contributed by atoms with Gasteiger partial charge in [-0.3, -0.25) is 4.79 Å². The summed E-state index contributed by atoms with van der Waals surface area (Å²) >= 11 is 0. The molecule has 0 N–H and O–H groups in total. The van der Waals surface area contributed by atoms with Crippen LogP contribution >= 0.6 is 0 Å². The summed E-state index contributed by atoms with van der Waals surface area (Å²) in [5.74, 6) is 1.70. The van der Waals surface area contributed by atoms with Gasteiger partial charge in [0.05, 0.1) is 0 Å². The molecule has 0 aliphatic heterocycles. The van der Waals surface area contributed by atoms with E-state index in [1.54, 1.807) is 0 Å². The summed E-state index contributed by atoms with van der Waals surface area (Å²) in [6.45, 7) is 5.76. The van der Waals surface area contributed by atoms with E-state index in [1.807, 2.05) is 13.0 Å². The Kier molecular flexibility index (Phi) is 1.67. The van der Waals surface area contributed by atoms with Gasteiger partial charge in [0.15, 0.2) is 5.78 Å². The van der Waals surface area contributed by atoms with Crippen molar-refractivity contribution in [2.45, 2.75) is 26.2 Å². The topological polar surface area (TPSA) is 17.1 Å². The van der Waals surface area contributed by atoms with Crippen LogP contribution in [0.1, 0.15) is 26.2 Å². The van der Waals surface area contributed by atoms with E-state index in [-0.39, 0.29) is 0 Å². The molecular weight excluding hydrogens is 148 g/mol. The maximum Gasteiger partial charge on any atom is 0.158 e. The molecule has 0 unspecified atom stereocenters. The fourth-order valence-corrected chi connectivity index (χ4v) is 2.14. The number of carbonyl (C=O) groups is 1. The third-order valence-electron chi connectivity index (χ3n) is 3.11. The quantitative estimate of drug-likeness (QED) is 0.570. The van der Waals surface area contributed by atoms with Crippen LogP contribution < -0.4 is 0 Å². The molecule has 1 heteroatoms. The number of hydrogen-bond donors (Lipinski definition) is 0. The normalized spacial score (nSPS) is 34.2. The second kappa shape index (κ2) is 2.58. The third-order valence-corrected chi connectivity index (χ3v) is 3.11. The summed E-state index contributed by atoms with van der Waals surface area (Å²) in [6, 6.07) is 0. The molecule has 0 bridgehead atoms. The second-order valence-electron chi connectivity index (χ2n) is 3.82. The van der Waals surface area contributed by atoms with Crippen LogP contribution in [0.15, 0.2) is 23.8 Å². The van der Waals surface area contributed by atoms with Gasteiger partial charge in [-0.05, 0) is 37.2 Å². The Labute approximate surface area is 73.2 Å². The van der Waals surface area contributed by atoms with E-state index >= 15 is 0 Å². The molecule has 0 spiro atoms. The Morgan fingerprint density at radius 2 is 2.25 bits per heavy atom. The zero-order chi connectivity index (χ0) is 8.72. The van der Waals surface area contributed by atoms with Gasteiger partial charge in [0, 0.05) is 6.42 Å². The number of rotatable bonds is 2. The zero-order valence-electron chi connectivity index (χ0n) is 7.47. The van der Waals surface area contributed by atoms with Crippen molar-refractivity contribution in [2.75, 3.05) is 0 Å². The Morgan fingerprint density at radius 3 is 2.67 bits per heavy atom. The zero-order valence-corrected chi connectivity index (χ0v) is 7.47. The van der Waals surface area contributed by atoms with Crippen molar-refractivity contribution in [3.63, 3.8) is 0 Å². The van der Waals surface area contributed by atoms with E-state index in [9.17, 15) is 4.79 Å². The number of Topliss-reactive ketones (excluding diaryl/α,β-unsaturated/α-hetero) is 1. The van der Waals surface area contributed by atoms with Gasteiger partial charge < -0.3 is 0 Å². The van der Waals surface area contributed by atoms with Crippen molar-refractivity contribution in [1.82, 2.24) is 0 Å². The minimum Gasteiger partial charge on any atom is -0.295 e. The van der Waals surface area contributed by atoms with Crippen molar-refractivity contribution in [2.24, 2.45) is 11.8 Å². The summed E-state index contributed by atoms with van der Waals surface area (Å²) < 4.78 is 0. The summed E-state index contributed by atoms with van der Waals surface area (Å²) in [4.78, 5) is 11.2. The van der Waals surface area contributed by atoms with Crippen LogP contribution in [0.3, 0.4) is 0 Å². The fourth-order valence-electron chi connectivity index (χ4n) is 2.14. The molecule has 0 aromatic heterocycles. The standard InChI is InChI=1S/C11H14O/c1-3-8-6-10(8)9-4-5-11(12)7(9)2/h3,8,10H,1,4-6H2,2H3/t8-,10+/m1/s1. The maximum atomic E-state index is 11.2. The Hall–Kier alpha value is -0.850. The average molecular weight is 162 g/mol. The summed E-state index contributed by atoms with van der Waals surface area (Å²) in [6.07, 6.45) is 5.01. The highest BCUT2D eigenvalue weighted by Crippen LogP contribution is 2.49. The Morgan fingerprint density at radius 1 is 1.50 bits per heavy atom. The molecule has 2 aliphatic rings. The monoisotopic (exact) mass is 162 g/mol. The molecule has 12 heavy (non-hydrogen) atoms. The number of carbonyl (C=O) groups excluding carboxylic acids is 1. The van der Waals surface area contributed by atoms with Crippen LogP contribution in [0.5, 0.6) is 0 Å². The van der Waals surface area contributed by atoms with E-state index in [4.69, 9.17) is 0 Å². The molecule has 0 amide bonds. The molecule has 0 aromatic carbocycles. The number of ketones is 1. The van der Waals surface area contributed by atoms with Gasteiger partial charge in [0.2, 0.25) is 0 Å². The minimum atomic E-state index is 0.361. The first-order chi connectivity index (χ1) is 5.74. The first-order valence-corrected chi connectivity index (χ1v) is 4.59. The summed E-state index contributed by atoms with van der Waals surface area (Å²) in [5, 5.41) is 0. The molecule has 2 rings (SSSR count). The second-order valence-corrected chi connectivity index (χ2v) is 3.82. The molecule has 0 aromatic rings. The first-order valence-electron chi connectivity index (χ1n) is 4.59. The van der Waals surface area contributed by atoms with E-state index in [0.717, 1.165) is 18.4 Å². The lowest BCUT2D eigenvalue weighted by atomic mass is 10.1. The van der Waals surface area contributed by atoms with Crippen LogP contribution in [-0.2, 0) is 4.79 Å². The molecule has 2 aliphatic carbocycles. The maximum absolute atomic E-state index is 11.2. The molecule has 1 fully saturated rings. The Bertz CT molecular complexity index is 273. The summed E-state index contributed by atoms with van der Waals surface area (Å²) in [7, 11) is 0. The molecule has 0 heterocycles. The lowest BCUT2D eigenvalue weighted by Crippen LogP contribution is -1.91. The van der Waals surface area contributed by atoms with Crippen molar-refractivity contribution in [3.8, 4) is 0 Å². The van der Waals surface area contributed by atoms with Gasteiger partial charge in [-0.2, -0.15) is 0 Å². The highest BCUT2D eigenvalue weighted by Gasteiger charge is 2.40. The summed E-state index contributed by atoms with van der Waals surface area (Å²) in [5.41, 5.74) is 2.47. The fraction of sp³-hybridized carbons (Fsp3) is 0.545. The van der Waals surface area contributed by atoms with Gasteiger partial charge in [-0.15, -0.1) is 6.58 Å². The molecule has 2 atom stereocenters. The molecule has 0 radical (unpaired) electrons. The molecule has 1 nitrogen and oxygen atoms in total. The van der Waals surface area contributed by atoms with Gasteiger partial charge in [0.25, 0.3) is 0 Å². The van der Waals surface area contributed by atoms with E-state index in [2.05, 4.69) is 6.58 Å². The van der Waals surface area contributed by atoms with Gasteiger partial charge >= 0.3 is 0 Å².